The first-order valence-corrected chi connectivity index (χ1v) is 7.66. The van der Waals surface area contributed by atoms with Gasteiger partial charge in [0.1, 0.15) is 5.69 Å². The highest BCUT2D eigenvalue weighted by atomic mass is 16.5. The molecular formula is C15H16N6O4. The molecule has 2 amide bonds. The van der Waals surface area contributed by atoms with Crippen molar-refractivity contribution in [1.29, 1.82) is 0 Å². The van der Waals surface area contributed by atoms with Crippen LogP contribution in [0.3, 0.4) is 0 Å². The van der Waals surface area contributed by atoms with Crippen LogP contribution in [0.1, 0.15) is 24.3 Å². The minimum atomic E-state index is -0.562. The molecule has 0 aliphatic heterocycles. The summed E-state index contributed by atoms with van der Waals surface area (Å²) < 4.78 is 11.5. The number of rotatable bonds is 5. The van der Waals surface area contributed by atoms with Crippen LogP contribution in [0.2, 0.25) is 0 Å². The van der Waals surface area contributed by atoms with E-state index in [4.69, 9.17) is 9.26 Å². The van der Waals surface area contributed by atoms with Gasteiger partial charge in [0, 0.05) is 12.6 Å². The Morgan fingerprint density at radius 3 is 2.92 bits per heavy atom. The lowest BCUT2D eigenvalue weighted by atomic mass is 10.3. The Kier molecular flexibility index (Phi) is 4.59. The normalized spacial score (nSPS) is 10.6. The topological polar surface area (TPSA) is 124 Å². The molecule has 10 nitrogen and oxygen atoms in total. The van der Waals surface area contributed by atoms with Gasteiger partial charge < -0.3 is 14.6 Å². The van der Waals surface area contributed by atoms with Gasteiger partial charge >= 0.3 is 12.0 Å². The van der Waals surface area contributed by atoms with Crippen LogP contribution in [0.4, 0.5) is 10.6 Å². The number of hydrogen-bond donors (Lipinski definition) is 2. The number of imidazole rings is 1. The summed E-state index contributed by atoms with van der Waals surface area (Å²) in [5.74, 6) is 0.117. The summed E-state index contributed by atoms with van der Waals surface area (Å²) >= 11 is 0. The van der Waals surface area contributed by atoms with E-state index in [1.54, 1.807) is 25.3 Å². The fourth-order valence-corrected chi connectivity index (χ4v) is 2.09. The Bertz CT molecular complexity index is 916. The number of anilines is 1. The van der Waals surface area contributed by atoms with Gasteiger partial charge in [0.2, 0.25) is 0 Å². The van der Waals surface area contributed by atoms with Crippen molar-refractivity contribution in [2.24, 2.45) is 0 Å². The molecule has 0 bridgehead atoms. The lowest BCUT2D eigenvalue weighted by molar-refractivity contribution is 0.0514. The number of amides is 2. The van der Waals surface area contributed by atoms with E-state index in [2.05, 4.69) is 25.9 Å². The van der Waals surface area contributed by atoms with E-state index >= 15 is 0 Å². The van der Waals surface area contributed by atoms with E-state index < -0.39 is 5.97 Å². The molecule has 3 rings (SSSR count). The number of nitrogens with one attached hydrogen (secondary N) is 2. The van der Waals surface area contributed by atoms with Crippen molar-refractivity contribution in [3.63, 3.8) is 0 Å². The summed E-state index contributed by atoms with van der Waals surface area (Å²) in [4.78, 5) is 27.5. The largest absolute Gasteiger partial charge is 0.461 e. The zero-order chi connectivity index (χ0) is 17.8. The molecular weight excluding hydrogens is 328 g/mol. The Balaban J connectivity index is 1.84. The average molecular weight is 344 g/mol. The fraction of sp³-hybridized carbons (Fsp3) is 0.267. The summed E-state index contributed by atoms with van der Waals surface area (Å²) in [7, 11) is 0. The van der Waals surface area contributed by atoms with Crippen LogP contribution in [-0.2, 0) is 4.74 Å². The highest BCUT2D eigenvalue weighted by molar-refractivity contribution is 5.88. The van der Waals surface area contributed by atoms with Crippen molar-refractivity contribution >= 4 is 23.5 Å². The van der Waals surface area contributed by atoms with Crippen LogP contribution in [0.25, 0.3) is 17.1 Å². The molecule has 0 spiro atoms. The highest BCUT2D eigenvalue weighted by Gasteiger charge is 2.17. The first kappa shape index (κ1) is 16.4. The average Bonchev–Trinajstić information content (AvgIpc) is 3.21. The number of esters is 1. The zero-order valence-electron chi connectivity index (χ0n) is 13.6. The Morgan fingerprint density at radius 1 is 1.32 bits per heavy atom. The van der Waals surface area contributed by atoms with Crippen molar-refractivity contribution in [3.05, 3.63) is 30.1 Å². The van der Waals surface area contributed by atoms with E-state index in [1.165, 1.54) is 10.6 Å². The number of carbonyl (C=O) groups excluding carboxylic acids is 2. The van der Waals surface area contributed by atoms with Crippen LogP contribution in [0.15, 0.2) is 28.9 Å². The monoisotopic (exact) mass is 344 g/mol. The maximum absolute atomic E-state index is 11.6. The van der Waals surface area contributed by atoms with Gasteiger partial charge in [-0.2, -0.15) is 0 Å². The van der Waals surface area contributed by atoms with Gasteiger partial charge in [-0.3, -0.25) is 5.32 Å². The minimum Gasteiger partial charge on any atom is -0.461 e. The Morgan fingerprint density at radius 2 is 2.16 bits per heavy atom. The van der Waals surface area contributed by atoms with E-state index in [9.17, 15) is 9.59 Å². The number of fused-ring (bicyclic) bond motifs is 1. The van der Waals surface area contributed by atoms with Crippen molar-refractivity contribution in [2.45, 2.75) is 13.8 Å². The first-order valence-electron chi connectivity index (χ1n) is 7.66. The molecule has 0 unspecified atom stereocenters. The molecule has 3 aromatic rings. The van der Waals surface area contributed by atoms with Gasteiger partial charge in [0.15, 0.2) is 22.9 Å². The van der Waals surface area contributed by atoms with Gasteiger partial charge in [0.05, 0.1) is 12.8 Å². The third-order valence-electron chi connectivity index (χ3n) is 3.15. The number of urea groups is 1. The van der Waals surface area contributed by atoms with E-state index in [1.807, 2.05) is 6.92 Å². The first-order chi connectivity index (χ1) is 12.1. The van der Waals surface area contributed by atoms with Crippen LogP contribution in [0, 0.1) is 0 Å². The van der Waals surface area contributed by atoms with Crippen molar-refractivity contribution < 1.29 is 18.8 Å². The standard InChI is InChI=1S/C15H16N6O4/c1-3-16-15(23)18-12-5-6-13-17-10(8-21(13)19-12)11-7-9(20-25-11)14(22)24-4-2/h5-8H,3-4H2,1-2H3,(H2,16,18,19,23). The van der Waals surface area contributed by atoms with E-state index in [0.717, 1.165) is 0 Å². The molecule has 0 aliphatic carbocycles. The third kappa shape index (κ3) is 3.57. The van der Waals surface area contributed by atoms with E-state index in [0.29, 0.717) is 29.5 Å². The van der Waals surface area contributed by atoms with Gasteiger partial charge in [-0.25, -0.2) is 19.1 Å². The van der Waals surface area contributed by atoms with Crippen LogP contribution in [0.5, 0.6) is 0 Å². The molecule has 3 heterocycles. The molecule has 25 heavy (non-hydrogen) atoms. The third-order valence-corrected chi connectivity index (χ3v) is 3.15. The predicted molar refractivity (Wildman–Crippen MR) is 87.1 cm³/mol. The fourth-order valence-electron chi connectivity index (χ4n) is 2.09. The number of aromatic nitrogens is 4. The predicted octanol–water partition coefficient (Wildman–Crippen LogP) is 1.70. The number of ether oxygens (including phenoxy) is 1. The second-order valence-corrected chi connectivity index (χ2v) is 4.93. The molecule has 0 saturated carbocycles. The maximum atomic E-state index is 11.6. The van der Waals surface area contributed by atoms with Gasteiger partial charge in [-0.1, -0.05) is 5.16 Å². The lowest BCUT2D eigenvalue weighted by Gasteiger charge is -2.04. The van der Waals surface area contributed by atoms with Crippen molar-refractivity contribution in [3.8, 4) is 11.5 Å². The SMILES string of the molecule is CCNC(=O)Nc1ccc2nc(-c3cc(C(=O)OCC)no3)cn2n1. The number of nitrogens with zero attached hydrogens (tertiary/aromatic N) is 4. The summed E-state index contributed by atoms with van der Waals surface area (Å²) in [6.07, 6.45) is 1.60. The second-order valence-electron chi connectivity index (χ2n) is 4.93. The van der Waals surface area contributed by atoms with E-state index in [-0.39, 0.29) is 18.3 Å². The molecule has 0 fully saturated rings. The van der Waals surface area contributed by atoms with Crippen molar-refractivity contribution in [2.75, 3.05) is 18.5 Å². The smallest absolute Gasteiger partial charge is 0.360 e. The molecule has 2 N–H and O–H groups in total. The number of carbonyl (C=O) groups is 2. The molecule has 130 valence electrons. The summed E-state index contributed by atoms with van der Waals surface area (Å²) in [5, 5.41) is 13.1. The number of hydrogen-bond acceptors (Lipinski definition) is 7. The molecule has 0 atom stereocenters. The molecule has 0 saturated heterocycles. The highest BCUT2D eigenvalue weighted by Crippen LogP contribution is 2.20. The lowest BCUT2D eigenvalue weighted by Crippen LogP contribution is -2.28. The van der Waals surface area contributed by atoms with Crippen LogP contribution >= 0.6 is 0 Å². The zero-order valence-corrected chi connectivity index (χ0v) is 13.6. The second kappa shape index (κ2) is 6.99. The van der Waals surface area contributed by atoms with Gasteiger partial charge in [-0.15, -0.1) is 5.10 Å². The summed E-state index contributed by atoms with van der Waals surface area (Å²) in [5.41, 5.74) is 1.07. The van der Waals surface area contributed by atoms with Crippen LogP contribution in [-0.4, -0.2) is 44.9 Å². The molecule has 10 heteroatoms. The Labute approximate surface area is 142 Å². The van der Waals surface area contributed by atoms with Gasteiger partial charge in [0.25, 0.3) is 0 Å². The maximum Gasteiger partial charge on any atom is 0.360 e. The van der Waals surface area contributed by atoms with Crippen molar-refractivity contribution in [1.82, 2.24) is 25.1 Å². The molecule has 0 aliphatic rings. The summed E-state index contributed by atoms with van der Waals surface area (Å²) in [6, 6.07) is 4.43. The summed E-state index contributed by atoms with van der Waals surface area (Å²) in [6.45, 7) is 4.29. The molecule has 0 aromatic carbocycles. The molecule has 0 radical (unpaired) electrons. The van der Waals surface area contributed by atoms with Crippen LogP contribution < -0.4 is 10.6 Å². The quantitative estimate of drug-likeness (QED) is 0.675. The molecule has 3 aromatic heterocycles. The Hall–Kier alpha value is -3.43. The minimum absolute atomic E-state index is 0.0699. The van der Waals surface area contributed by atoms with Gasteiger partial charge in [-0.05, 0) is 26.0 Å².